The molecule has 0 unspecified atom stereocenters. The van der Waals surface area contributed by atoms with Crippen molar-refractivity contribution in [2.24, 2.45) is 0 Å². The Hall–Kier alpha value is -1.98. The maximum Gasteiger partial charge on any atom is 0.490 e. The van der Waals surface area contributed by atoms with Gasteiger partial charge in [0.15, 0.2) is 0 Å². The average Bonchev–Trinajstić information content (AvgIpc) is 3.40. The second-order valence-corrected chi connectivity index (χ2v) is 9.09. The predicted molar refractivity (Wildman–Crippen MR) is 107 cm³/mol. The first-order valence-electron chi connectivity index (χ1n) is 9.41. The highest BCUT2D eigenvalue weighted by atomic mass is 32.1. The van der Waals surface area contributed by atoms with Crippen molar-refractivity contribution in [3.8, 4) is 0 Å². The standard InChI is InChI=1S/C17H21N3OS2.C2HF3O2/c1-12-18-14(11-23-12)9-20-16-4-6-19(8-13-5-7-22-10-13)15(16)2-3-17(20)21;3-2(4,5)1(6)7/h5,7,10-11,15-16H,2-4,6,8-9H2,1H3;(H,6,7)/t15-,16-;/m1./s1. The number of piperidine rings is 1. The van der Waals surface area contributed by atoms with Crippen LogP contribution in [0.2, 0.25) is 0 Å². The number of carbonyl (C=O) groups is 2. The second kappa shape index (κ2) is 9.44. The van der Waals surface area contributed by atoms with Crippen molar-refractivity contribution in [2.45, 2.75) is 57.5 Å². The first-order chi connectivity index (χ1) is 14.1. The first-order valence-corrected chi connectivity index (χ1v) is 11.2. The highest BCUT2D eigenvalue weighted by Gasteiger charge is 2.43. The molecule has 30 heavy (non-hydrogen) atoms. The van der Waals surface area contributed by atoms with E-state index >= 15 is 0 Å². The van der Waals surface area contributed by atoms with Gasteiger partial charge in [0.1, 0.15) is 0 Å². The van der Waals surface area contributed by atoms with Crippen molar-refractivity contribution in [2.75, 3.05) is 6.54 Å². The molecule has 1 N–H and O–H groups in total. The number of hydrogen-bond acceptors (Lipinski definition) is 6. The van der Waals surface area contributed by atoms with Crippen LogP contribution in [0.4, 0.5) is 13.2 Å². The third kappa shape index (κ3) is 5.58. The molecule has 11 heteroatoms. The molecular weight excluding hydrogens is 439 g/mol. The molecular formula is C19H22F3N3O3S2. The van der Waals surface area contributed by atoms with Crippen LogP contribution in [0.3, 0.4) is 0 Å². The van der Waals surface area contributed by atoms with Crippen LogP contribution >= 0.6 is 22.7 Å². The summed E-state index contributed by atoms with van der Waals surface area (Å²) < 4.78 is 31.7. The molecule has 0 saturated carbocycles. The van der Waals surface area contributed by atoms with Gasteiger partial charge in [-0.3, -0.25) is 9.69 Å². The minimum atomic E-state index is -5.08. The molecule has 164 valence electrons. The fourth-order valence-corrected chi connectivity index (χ4v) is 5.18. The summed E-state index contributed by atoms with van der Waals surface area (Å²) in [5.41, 5.74) is 2.44. The molecule has 4 rings (SSSR count). The summed E-state index contributed by atoms with van der Waals surface area (Å²) in [6, 6.07) is 3.08. The van der Waals surface area contributed by atoms with Gasteiger partial charge in [-0.25, -0.2) is 9.78 Å². The van der Waals surface area contributed by atoms with Crippen LogP contribution in [-0.2, 0) is 22.7 Å². The lowest BCUT2D eigenvalue weighted by molar-refractivity contribution is -0.192. The van der Waals surface area contributed by atoms with E-state index in [1.165, 1.54) is 5.56 Å². The summed E-state index contributed by atoms with van der Waals surface area (Å²) in [4.78, 5) is 30.6. The van der Waals surface area contributed by atoms with Crippen LogP contribution in [-0.4, -0.2) is 56.6 Å². The number of thiophene rings is 1. The summed E-state index contributed by atoms with van der Waals surface area (Å²) >= 11 is 3.42. The molecule has 0 spiro atoms. The van der Waals surface area contributed by atoms with Gasteiger partial charge >= 0.3 is 12.1 Å². The Labute approximate surface area is 179 Å². The third-order valence-electron chi connectivity index (χ3n) is 5.21. The normalized spacial score (nSPS) is 21.9. The van der Waals surface area contributed by atoms with Crippen LogP contribution in [0.1, 0.15) is 35.5 Å². The third-order valence-corrected chi connectivity index (χ3v) is 6.76. The van der Waals surface area contributed by atoms with Gasteiger partial charge in [0, 0.05) is 37.0 Å². The molecule has 2 fully saturated rings. The van der Waals surface area contributed by atoms with Gasteiger partial charge in [-0.05, 0) is 42.2 Å². The zero-order valence-electron chi connectivity index (χ0n) is 16.3. The van der Waals surface area contributed by atoms with E-state index in [0.29, 0.717) is 31.0 Å². The van der Waals surface area contributed by atoms with Gasteiger partial charge in [0.05, 0.1) is 17.2 Å². The summed E-state index contributed by atoms with van der Waals surface area (Å²) in [6.07, 6.45) is -2.33. The van der Waals surface area contributed by atoms with Crippen LogP contribution in [0.25, 0.3) is 0 Å². The number of nitrogens with zero attached hydrogens (tertiary/aromatic N) is 3. The van der Waals surface area contributed by atoms with Crippen LogP contribution < -0.4 is 0 Å². The maximum absolute atomic E-state index is 12.5. The molecule has 2 aliphatic heterocycles. The fourth-order valence-electron chi connectivity index (χ4n) is 3.91. The molecule has 0 radical (unpaired) electrons. The Morgan fingerprint density at radius 1 is 1.27 bits per heavy atom. The minimum absolute atomic E-state index is 0.300. The molecule has 6 nitrogen and oxygen atoms in total. The number of aryl methyl sites for hydroxylation is 1. The molecule has 0 bridgehead atoms. The molecule has 0 aromatic carbocycles. The molecule has 0 aliphatic carbocycles. The number of carboxylic acids is 1. The van der Waals surface area contributed by atoms with Gasteiger partial charge in [-0.2, -0.15) is 24.5 Å². The summed E-state index contributed by atoms with van der Waals surface area (Å²) in [7, 11) is 0. The largest absolute Gasteiger partial charge is 0.490 e. The first kappa shape index (κ1) is 22.7. The number of carboxylic acid groups (broad SMARTS) is 1. The smallest absolute Gasteiger partial charge is 0.475 e. The van der Waals surface area contributed by atoms with E-state index in [2.05, 4.69) is 37.0 Å². The van der Waals surface area contributed by atoms with Gasteiger partial charge in [0.2, 0.25) is 5.91 Å². The summed E-state index contributed by atoms with van der Waals surface area (Å²) in [5, 5.41) is 14.7. The number of alkyl halides is 3. The van der Waals surface area contributed by atoms with Crippen molar-refractivity contribution in [1.82, 2.24) is 14.8 Å². The highest BCUT2D eigenvalue weighted by Crippen LogP contribution is 2.33. The van der Waals surface area contributed by atoms with Crippen molar-refractivity contribution in [3.05, 3.63) is 38.5 Å². The van der Waals surface area contributed by atoms with Gasteiger partial charge in [0.25, 0.3) is 0 Å². The topological polar surface area (TPSA) is 73.7 Å². The van der Waals surface area contributed by atoms with E-state index in [1.54, 1.807) is 22.7 Å². The molecule has 2 aromatic rings. The monoisotopic (exact) mass is 461 g/mol. The summed E-state index contributed by atoms with van der Waals surface area (Å²) in [6.45, 7) is 4.80. The van der Waals surface area contributed by atoms with Crippen LogP contribution in [0, 0.1) is 6.92 Å². The van der Waals surface area contributed by atoms with Gasteiger partial charge < -0.3 is 10.0 Å². The Kier molecular flexibility index (Phi) is 7.14. The minimum Gasteiger partial charge on any atom is -0.475 e. The molecule has 2 aromatic heterocycles. The van der Waals surface area contributed by atoms with Crippen LogP contribution in [0.5, 0.6) is 0 Å². The zero-order chi connectivity index (χ0) is 21.9. The van der Waals surface area contributed by atoms with Gasteiger partial charge in [-0.15, -0.1) is 11.3 Å². The number of carbonyl (C=O) groups excluding carboxylic acids is 1. The average molecular weight is 462 g/mol. The van der Waals surface area contributed by atoms with Crippen molar-refractivity contribution in [1.29, 1.82) is 0 Å². The number of aliphatic carboxylic acids is 1. The van der Waals surface area contributed by atoms with E-state index in [1.807, 2.05) is 6.92 Å². The lowest BCUT2D eigenvalue weighted by atomic mass is 9.96. The number of aromatic nitrogens is 1. The quantitative estimate of drug-likeness (QED) is 0.747. The van der Waals surface area contributed by atoms with E-state index < -0.39 is 12.1 Å². The van der Waals surface area contributed by atoms with Crippen molar-refractivity contribution >= 4 is 34.6 Å². The predicted octanol–water partition coefficient (Wildman–Crippen LogP) is 3.91. The van der Waals surface area contributed by atoms with E-state index in [0.717, 1.165) is 36.6 Å². The number of amides is 1. The maximum atomic E-state index is 12.5. The van der Waals surface area contributed by atoms with Crippen molar-refractivity contribution in [3.63, 3.8) is 0 Å². The highest BCUT2D eigenvalue weighted by molar-refractivity contribution is 7.09. The number of fused-ring (bicyclic) bond motifs is 1. The Bertz CT molecular complexity index is 870. The summed E-state index contributed by atoms with van der Waals surface area (Å²) in [5.74, 6) is -2.46. The zero-order valence-corrected chi connectivity index (χ0v) is 17.9. The van der Waals surface area contributed by atoms with E-state index in [4.69, 9.17) is 9.90 Å². The number of hydrogen-bond donors (Lipinski definition) is 1. The number of thiazole rings is 1. The Morgan fingerprint density at radius 3 is 2.57 bits per heavy atom. The van der Waals surface area contributed by atoms with Gasteiger partial charge in [-0.1, -0.05) is 0 Å². The van der Waals surface area contributed by atoms with Crippen molar-refractivity contribution < 1.29 is 27.9 Å². The fraction of sp³-hybridized carbons (Fsp3) is 0.526. The Balaban J connectivity index is 0.000000318. The molecule has 2 atom stereocenters. The second-order valence-electron chi connectivity index (χ2n) is 7.25. The van der Waals surface area contributed by atoms with E-state index in [9.17, 15) is 18.0 Å². The lowest BCUT2D eigenvalue weighted by Crippen LogP contribution is -2.51. The van der Waals surface area contributed by atoms with E-state index in [-0.39, 0.29) is 0 Å². The molecule has 1 amide bonds. The molecule has 4 heterocycles. The number of halogens is 3. The SMILES string of the molecule is Cc1nc(CN2C(=O)CC[C@@H]3[C@H]2CCN3Cc2ccsc2)cs1.O=C(O)C(F)(F)F. The van der Waals surface area contributed by atoms with Crippen LogP contribution in [0.15, 0.2) is 22.2 Å². The molecule has 2 saturated heterocycles. The number of rotatable bonds is 4. The number of likely N-dealkylation sites (tertiary alicyclic amines) is 2. The lowest BCUT2D eigenvalue weighted by Gasteiger charge is -2.39. The Morgan fingerprint density at radius 2 is 2.00 bits per heavy atom. The molecule has 2 aliphatic rings.